The number of hydrogen-bond acceptors (Lipinski definition) is 4. The van der Waals surface area contributed by atoms with Crippen LogP contribution >= 0.6 is 0 Å². The number of amides is 1. The number of furan rings is 1. The molecule has 2 unspecified atom stereocenters. The number of nitrogens with zero attached hydrogens (tertiary/aromatic N) is 1. The summed E-state index contributed by atoms with van der Waals surface area (Å²) >= 11 is 0. The number of rotatable bonds is 10. The molecule has 0 spiro atoms. The third kappa shape index (κ3) is 5.40. The Kier molecular flexibility index (Phi) is 7.17. The van der Waals surface area contributed by atoms with Crippen LogP contribution in [-0.2, 0) is 17.8 Å². The van der Waals surface area contributed by atoms with Gasteiger partial charge in [-0.1, -0.05) is 72.8 Å². The second kappa shape index (κ2) is 11.2. The molecule has 0 aliphatic heterocycles. The lowest BCUT2D eigenvalue weighted by molar-refractivity contribution is -0.127. The molecule has 3 heterocycles. The molecule has 0 radical (unpaired) electrons. The summed E-state index contributed by atoms with van der Waals surface area (Å²) < 4.78 is 6.05. The Bertz CT molecular complexity index is 1650. The van der Waals surface area contributed by atoms with Gasteiger partial charge in [0, 0.05) is 53.3 Å². The highest BCUT2D eigenvalue weighted by Gasteiger charge is 2.34. The van der Waals surface area contributed by atoms with Crippen molar-refractivity contribution >= 4 is 27.8 Å². The lowest BCUT2D eigenvalue weighted by Crippen LogP contribution is -2.56. The molecule has 0 aliphatic carbocycles. The number of H-pyrrole nitrogens is 1. The van der Waals surface area contributed by atoms with E-state index in [0.29, 0.717) is 19.5 Å². The predicted molar refractivity (Wildman–Crippen MR) is 159 cm³/mol. The number of aromatic amines is 1. The number of hydrogen-bond donors (Lipinski definition) is 3. The summed E-state index contributed by atoms with van der Waals surface area (Å²) in [5.74, 6) is 0.639. The lowest BCUT2D eigenvalue weighted by atomic mass is 9.90. The molecule has 3 aromatic carbocycles. The molecule has 40 heavy (non-hydrogen) atoms. The van der Waals surface area contributed by atoms with Crippen molar-refractivity contribution in [2.24, 2.45) is 0 Å². The van der Waals surface area contributed by atoms with E-state index in [2.05, 4.69) is 44.9 Å². The average molecular weight is 529 g/mol. The molecule has 6 rings (SSSR count). The third-order valence-electron chi connectivity index (χ3n) is 7.56. The topological polar surface area (TPSA) is 83.0 Å². The van der Waals surface area contributed by atoms with Gasteiger partial charge in [-0.3, -0.25) is 15.1 Å². The SMILES string of the molecule is CC(Cc1c[nH]c2ccccc12)(NCc1cc2ccccc2o1)C(=O)NCC(c1ccccc1)c1ccccn1. The van der Waals surface area contributed by atoms with Gasteiger partial charge in [0.15, 0.2) is 0 Å². The van der Waals surface area contributed by atoms with Crippen LogP contribution in [0.4, 0.5) is 0 Å². The van der Waals surface area contributed by atoms with E-state index in [1.54, 1.807) is 6.20 Å². The van der Waals surface area contributed by atoms with E-state index < -0.39 is 5.54 Å². The quantitative estimate of drug-likeness (QED) is 0.194. The minimum atomic E-state index is -0.907. The highest BCUT2D eigenvalue weighted by Crippen LogP contribution is 2.26. The monoisotopic (exact) mass is 528 g/mol. The molecule has 200 valence electrons. The van der Waals surface area contributed by atoms with Gasteiger partial charge in [-0.2, -0.15) is 0 Å². The van der Waals surface area contributed by atoms with Crippen molar-refractivity contribution in [2.45, 2.75) is 31.3 Å². The van der Waals surface area contributed by atoms with E-state index in [1.165, 1.54) is 0 Å². The summed E-state index contributed by atoms with van der Waals surface area (Å²) in [6.45, 7) is 2.81. The van der Waals surface area contributed by atoms with Crippen LogP contribution in [0, 0.1) is 0 Å². The molecule has 6 nitrogen and oxygen atoms in total. The van der Waals surface area contributed by atoms with Gasteiger partial charge >= 0.3 is 0 Å². The Balaban J connectivity index is 1.27. The van der Waals surface area contributed by atoms with Crippen molar-refractivity contribution in [2.75, 3.05) is 6.54 Å². The number of pyridine rings is 1. The number of nitrogens with one attached hydrogen (secondary N) is 3. The Morgan fingerprint density at radius 3 is 2.55 bits per heavy atom. The van der Waals surface area contributed by atoms with Gasteiger partial charge < -0.3 is 14.7 Å². The van der Waals surface area contributed by atoms with Crippen molar-refractivity contribution in [3.05, 3.63) is 138 Å². The molecule has 2 atom stereocenters. The first kappa shape index (κ1) is 25.6. The molecule has 6 heteroatoms. The van der Waals surface area contributed by atoms with Gasteiger partial charge in [0.1, 0.15) is 11.3 Å². The second-order valence-corrected chi connectivity index (χ2v) is 10.4. The molecule has 0 saturated carbocycles. The summed E-state index contributed by atoms with van der Waals surface area (Å²) in [5, 5.41) is 8.96. The molecule has 0 fully saturated rings. The minimum Gasteiger partial charge on any atom is -0.460 e. The zero-order valence-electron chi connectivity index (χ0n) is 22.4. The molecule has 6 aromatic rings. The van der Waals surface area contributed by atoms with Gasteiger partial charge in [-0.25, -0.2) is 0 Å². The van der Waals surface area contributed by atoms with Crippen LogP contribution in [0.15, 0.2) is 120 Å². The number of carbonyl (C=O) groups is 1. The maximum atomic E-state index is 14.1. The van der Waals surface area contributed by atoms with Gasteiger partial charge in [-0.05, 0) is 48.4 Å². The fraction of sp³-hybridized carbons (Fsp3) is 0.176. The Labute approximate surface area is 233 Å². The standard InChI is InChI=1S/C34H32N4O2/c1-34(20-26-21-36-30-15-7-6-14-28(26)30,38-22-27-19-25-13-5-8-17-32(25)40-27)33(39)37-23-29(24-11-3-2-4-12-24)31-16-9-10-18-35-31/h2-19,21,29,36,38H,20,22-23H2,1H3,(H,37,39). The first-order chi connectivity index (χ1) is 19.6. The van der Waals surface area contributed by atoms with Crippen molar-refractivity contribution < 1.29 is 9.21 Å². The summed E-state index contributed by atoms with van der Waals surface area (Å²) in [5.41, 5.74) is 4.09. The van der Waals surface area contributed by atoms with E-state index >= 15 is 0 Å². The van der Waals surface area contributed by atoms with E-state index in [-0.39, 0.29) is 11.8 Å². The molecular weight excluding hydrogens is 496 g/mol. The molecule has 3 N–H and O–H groups in total. The highest BCUT2D eigenvalue weighted by atomic mass is 16.3. The molecule has 0 saturated heterocycles. The summed E-state index contributed by atoms with van der Waals surface area (Å²) in [6, 6.07) is 34.2. The van der Waals surface area contributed by atoms with Crippen LogP contribution in [0.5, 0.6) is 0 Å². The maximum absolute atomic E-state index is 14.1. The van der Waals surface area contributed by atoms with Gasteiger partial charge in [0.2, 0.25) is 5.91 Å². The number of benzene rings is 3. The van der Waals surface area contributed by atoms with Crippen molar-refractivity contribution in [3.8, 4) is 0 Å². The van der Waals surface area contributed by atoms with Crippen molar-refractivity contribution in [1.82, 2.24) is 20.6 Å². The molecular formula is C34H32N4O2. The number of para-hydroxylation sites is 2. The van der Waals surface area contributed by atoms with Crippen LogP contribution in [0.2, 0.25) is 0 Å². The van der Waals surface area contributed by atoms with Crippen LogP contribution in [0.1, 0.15) is 35.4 Å². The summed E-state index contributed by atoms with van der Waals surface area (Å²) in [6.07, 6.45) is 4.30. The molecule has 0 aliphatic rings. The predicted octanol–water partition coefficient (Wildman–Crippen LogP) is 6.35. The van der Waals surface area contributed by atoms with E-state index in [1.807, 2.05) is 92.0 Å². The van der Waals surface area contributed by atoms with Gasteiger partial charge in [0.25, 0.3) is 0 Å². The van der Waals surface area contributed by atoms with E-state index in [4.69, 9.17) is 4.42 Å². The maximum Gasteiger partial charge on any atom is 0.240 e. The Morgan fingerprint density at radius 2 is 1.73 bits per heavy atom. The minimum absolute atomic E-state index is 0.0703. The summed E-state index contributed by atoms with van der Waals surface area (Å²) in [7, 11) is 0. The van der Waals surface area contributed by atoms with E-state index in [0.717, 1.165) is 44.5 Å². The second-order valence-electron chi connectivity index (χ2n) is 10.4. The first-order valence-corrected chi connectivity index (χ1v) is 13.6. The zero-order valence-corrected chi connectivity index (χ0v) is 22.4. The fourth-order valence-corrected chi connectivity index (χ4v) is 5.34. The van der Waals surface area contributed by atoms with Crippen molar-refractivity contribution in [3.63, 3.8) is 0 Å². The van der Waals surface area contributed by atoms with Crippen LogP contribution in [-0.4, -0.2) is 28.0 Å². The Morgan fingerprint density at radius 1 is 0.950 bits per heavy atom. The molecule has 1 amide bonds. The van der Waals surface area contributed by atoms with Crippen LogP contribution in [0.25, 0.3) is 21.9 Å². The average Bonchev–Trinajstić information content (AvgIpc) is 3.61. The molecule has 3 aromatic heterocycles. The van der Waals surface area contributed by atoms with E-state index in [9.17, 15) is 4.79 Å². The fourth-order valence-electron chi connectivity index (χ4n) is 5.34. The van der Waals surface area contributed by atoms with Crippen LogP contribution < -0.4 is 10.6 Å². The van der Waals surface area contributed by atoms with Crippen LogP contribution in [0.3, 0.4) is 0 Å². The molecule has 0 bridgehead atoms. The van der Waals surface area contributed by atoms with Crippen molar-refractivity contribution in [1.29, 1.82) is 0 Å². The zero-order chi connectivity index (χ0) is 27.4. The number of carbonyl (C=O) groups excluding carboxylic acids is 1. The van der Waals surface area contributed by atoms with Gasteiger partial charge in [0.05, 0.1) is 12.1 Å². The smallest absolute Gasteiger partial charge is 0.240 e. The first-order valence-electron chi connectivity index (χ1n) is 13.6. The van der Waals surface area contributed by atoms with Gasteiger partial charge in [-0.15, -0.1) is 0 Å². The third-order valence-corrected chi connectivity index (χ3v) is 7.56. The largest absolute Gasteiger partial charge is 0.460 e. The number of aromatic nitrogens is 2. The normalized spacial score (nSPS) is 13.7. The highest BCUT2D eigenvalue weighted by molar-refractivity contribution is 5.89. The Hall–Kier alpha value is -4.68. The lowest BCUT2D eigenvalue weighted by Gasteiger charge is -2.30. The number of fused-ring (bicyclic) bond motifs is 2. The summed E-state index contributed by atoms with van der Waals surface area (Å²) in [4.78, 5) is 22.0.